The molecule has 0 aromatic rings. The summed E-state index contributed by atoms with van der Waals surface area (Å²) >= 11 is 0. The summed E-state index contributed by atoms with van der Waals surface area (Å²) in [5.74, 6) is -0.444. The Morgan fingerprint density at radius 3 is 2.58 bits per heavy atom. The van der Waals surface area contributed by atoms with Crippen molar-refractivity contribution in [3.63, 3.8) is 0 Å². The topological polar surface area (TPSA) is 90.0 Å². The molecular formula is C16H24N4O4. The van der Waals surface area contributed by atoms with Crippen LogP contribution < -0.4 is 5.32 Å². The third-order valence-corrected chi connectivity index (χ3v) is 5.29. The third-order valence-electron chi connectivity index (χ3n) is 5.29. The molecule has 3 rings (SSSR count). The number of piperidine rings is 1. The van der Waals surface area contributed by atoms with Gasteiger partial charge in [-0.05, 0) is 33.1 Å². The van der Waals surface area contributed by atoms with Gasteiger partial charge >= 0.3 is 6.03 Å². The number of likely N-dealkylation sites (tertiary alicyclic amines) is 2. The zero-order chi connectivity index (χ0) is 17.5. The summed E-state index contributed by atoms with van der Waals surface area (Å²) in [6, 6.07) is -0.360. The highest BCUT2D eigenvalue weighted by atomic mass is 16.2. The van der Waals surface area contributed by atoms with Crippen molar-refractivity contribution in [2.75, 3.05) is 32.7 Å². The van der Waals surface area contributed by atoms with Crippen LogP contribution in [0.25, 0.3) is 0 Å². The number of carbonyl (C=O) groups is 4. The van der Waals surface area contributed by atoms with Crippen molar-refractivity contribution in [1.82, 2.24) is 20.0 Å². The van der Waals surface area contributed by atoms with Crippen LogP contribution in [0.1, 0.15) is 33.1 Å². The number of carbonyl (C=O) groups excluding carboxylic acids is 4. The molecule has 1 unspecified atom stereocenters. The SMILES string of the molecule is CC(C)N1CCCC2(CCN(C(=O)CN3CC(=O)NC3=O)C2)C1=O. The van der Waals surface area contributed by atoms with Crippen molar-refractivity contribution >= 4 is 23.8 Å². The first-order valence-electron chi connectivity index (χ1n) is 8.50. The molecule has 132 valence electrons. The molecule has 5 amide bonds. The quantitative estimate of drug-likeness (QED) is 0.722. The van der Waals surface area contributed by atoms with E-state index in [0.29, 0.717) is 19.5 Å². The Bertz CT molecular complexity index is 591. The van der Waals surface area contributed by atoms with Crippen molar-refractivity contribution in [1.29, 1.82) is 0 Å². The van der Waals surface area contributed by atoms with Crippen LogP contribution in [-0.2, 0) is 14.4 Å². The van der Waals surface area contributed by atoms with Crippen LogP contribution in [0.2, 0.25) is 0 Å². The highest BCUT2D eigenvalue weighted by Gasteiger charge is 2.50. The van der Waals surface area contributed by atoms with E-state index in [0.717, 1.165) is 19.4 Å². The van der Waals surface area contributed by atoms with Gasteiger partial charge in [-0.2, -0.15) is 0 Å². The van der Waals surface area contributed by atoms with Crippen LogP contribution in [0.4, 0.5) is 4.79 Å². The molecule has 0 aromatic carbocycles. The summed E-state index contributed by atoms with van der Waals surface area (Å²) in [6.45, 7) is 5.55. The Labute approximate surface area is 141 Å². The van der Waals surface area contributed by atoms with E-state index in [2.05, 4.69) is 5.32 Å². The number of imide groups is 1. The second-order valence-corrected chi connectivity index (χ2v) is 7.25. The summed E-state index contributed by atoms with van der Waals surface area (Å²) < 4.78 is 0. The van der Waals surface area contributed by atoms with Gasteiger partial charge in [-0.1, -0.05) is 0 Å². The fourth-order valence-corrected chi connectivity index (χ4v) is 3.93. The van der Waals surface area contributed by atoms with Gasteiger partial charge in [0.2, 0.25) is 17.7 Å². The predicted octanol–water partition coefficient (Wildman–Crippen LogP) is -0.212. The number of hydrogen-bond acceptors (Lipinski definition) is 4. The fourth-order valence-electron chi connectivity index (χ4n) is 3.93. The third kappa shape index (κ3) is 2.85. The number of amides is 5. The number of hydrogen-bond donors (Lipinski definition) is 1. The summed E-state index contributed by atoms with van der Waals surface area (Å²) in [6.07, 6.45) is 2.43. The molecule has 8 nitrogen and oxygen atoms in total. The highest BCUT2D eigenvalue weighted by molar-refractivity contribution is 6.03. The molecule has 3 fully saturated rings. The van der Waals surface area contributed by atoms with Crippen LogP contribution in [0, 0.1) is 5.41 Å². The number of nitrogens with zero attached hydrogens (tertiary/aromatic N) is 3. The van der Waals surface area contributed by atoms with E-state index < -0.39 is 11.4 Å². The normalized spacial score (nSPS) is 27.6. The van der Waals surface area contributed by atoms with Crippen LogP contribution >= 0.6 is 0 Å². The Morgan fingerprint density at radius 1 is 1.21 bits per heavy atom. The minimum absolute atomic E-state index is 0.0797. The van der Waals surface area contributed by atoms with Gasteiger partial charge in [0.25, 0.3) is 0 Å². The summed E-state index contributed by atoms with van der Waals surface area (Å²) in [7, 11) is 0. The lowest BCUT2D eigenvalue weighted by molar-refractivity contribution is -0.148. The summed E-state index contributed by atoms with van der Waals surface area (Å²) in [5, 5.41) is 2.16. The largest absolute Gasteiger partial charge is 0.340 e. The molecule has 0 aromatic heterocycles. The zero-order valence-electron chi connectivity index (χ0n) is 14.2. The van der Waals surface area contributed by atoms with Gasteiger partial charge < -0.3 is 14.7 Å². The van der Waals surface area contributed by atoms with Crippen molar-refractivity contribution in [2.45, 2.75) is 39.2 Å². The van der Waals surface area contributed by atoms with Gasteiger partial charge in [0.1, 0.15) is 13.1 Å². The molecule has 0 radical (unpaired) electrons. The molecule has 1 N–H and O–H groups in total. The van der Waals surface area contributed by atoms with E-state index in [9.17, 15) is 19.2 Å². The van der Waals surface area contributed by atoms with Crippen molar-refractivity contribution in [3.8, 4) is 0 Å². The molecule has 3 saturated heterocycles. The smallest absolute Gasteiger partial charge is 0.325 e. The van der Waals surface area contributed by atoms with Crippen LogP contribution in [0.3, 0.4) is 0 Å². The average Bonchev–Trinajstić information content (AvgIpc) is 3.07. The first kappa shape index (κ1) is 16.7. The number of urea groups is 1. The average molecular weight is 336 g/mol. The zero-order valence-corrected chi connectivity index (χ0v) is 14.2. The first-order chi connectivity index (χ1) is 11.3. The standard InChI is InChI=1S/C16H24N4O4/c1-11(2)20-6-3-4-16(14(20)23)5-7-18(10-16)13(22)9-19-8-12(21)17-15(19)24/h11H,3-10H2,1-2H3,(H,17,21,24). The Hall–Kier alpha value is -2.12. The molecule has 0 bridgehead atoms. The molecule has 3 heterocycles. The molecular weight excluding hydrogens is 312 g/mol. The second kappa shape index (κ2) is 6.07. The number of nitrogens with one attached hydrogen (secondary N) is 1. The van der Waals surface area contributed by atoms with E-state index in [4.69, 9.17) is 0 Å². The Balaban J connectivity index is 1.64. The highest BCUT2D eigenvalue weighted by Crippen LogP contribution is 2.40. The second-order valence-electron chi connectivity index (χ2n) is 7.25. The maximum Gasteiger partial charge on any atom is 0.325 e. The van der Waals surface area contributed by atoms with Crippen LogP contribution in [0.15, 0.2) is 0 Å². The van der Waals surface area contributed by atoms with Gasteiger partial charge in [0.15, 0.2) is 0 Å². The Morgan fingerprint density at radius 2 is 1.96 bits per heavy atom. The van der Waals surface area contributed by atoms with E-state index >= 15 is 0 Å². The molecule has 8 heteroatoms. The van der Waals surface area contributed by atoms with E-state index in [1.807, 2.05) is 18.7 Å². The molecule has 0 aliphatic carbocycles. The summed E-state index contributed by atoms with van der Waals surface area (Å²) in [5.41, 5.74) is -0.471. The van der Waals surface area contributed by atoms with Gasteiger partial charge in [0, 0.05) is 25.7 Å². The molecule has 1 atom stereocenters. The van der Waals surface area contributed by atoms with E-state index in [1.165, 1.54) is 4.90 Å². The molecule has 3 aliphatic heterocycles. The predicted molar refractivity (Wildman–Crippen MR) is 84.8 cm³/mol. The van der Waals surface area contributed by atoms with Crippen LogP contribution in [0.5, 0.6) is 0 Å². The first-order valence-corrected chi connectivity index (χ1v) is 8.50. The fraction of sp³-hybridized carbons (Fsp3) is 0.750. The van der Waals surface area contributed by atoms with Crippen molar-refractivity contribution in [2.24, 2.45) is 5.41 Å². The lowest BCUT2D eigenvalue weighted by Crippen LogP contribution is -2.53. The minimum Gasteiger partial charge on any atom is -0.340 e. The number of rotatable bonds is 3. The molecule has 1 spiro atoms. The van der Waals surface area contributed by atoms with Crippen molar-refractivity contribution in [3.05, 3.63) is 0 Å². The minimum atomic E-state index is -0.526. The monoisotopic (exact) mass is 336 g/mol. The van der Waals surface area contributed by atoms with E-state index in [1.54, 1.807) is 4.90 Å². The molecule has 0 saturated carbocycles. The van der Waals surface area contributed by atoms with Gasteiger partial charge in [0.05, 0.1) is 5.41 Å². The maximum atomic E-state index is 12.9. The van der Waals surface area contributed by atoms with Crippen molar-refractivity contribution < 1.29 is 19.2 Å². The van der Waals surface area contributed by atoms with Gasteiger partial charge in [-0.15, -0.1) is 0 Å². The maximum absolute atomic E-state index is 12.9. The lowest BCUT2D eigenvalue weighted by Gasteiger charge is -2.41. The van der Waals surface area contributed by atoms with Gasteiger partial charge in [-0.25, -0.2) is 4.79 Å². The molecule has 3 aliphatic rings. The molecule has 24 heavy (non-hydrogen) atoms. The van der Waals surface area contributed by atoms with Gasteiger partial charge in [-0.3, -0.25) is 19.7 Å². The summed E-state index contributed by atoms with van der Waals surface area (Å²) in [4.78, 5) is 52.9. The Kier molecular flexibility index (Phi) is 4.23. The van der Waals surface area contributed by atoms with E-state index in [-0.39, 0.29) is 36.9 Å². The lowest BCUT2D eigenvalue weighted by atomic mass is 9.78. The van der Waals surface area contributed by atoms with Crippen LogP contribution in [-0.4, -0.2) is 77.2 Å².